The van der Waals surface area contributed by atoms with Crippen molar-refractivity contribution in [3.63, 3.8) is 0 Å². The number of nitrogen functional groups attached to an aromatic ring is 4. The Hall–Kier alpha value is -15.5. The number of nitrogens with two attached hydrogens (primary N) is 4. The molecule has 0 fully saturated rings. The fourth-order valence-corrected chi connectivity index (χ4v) is 13.1. The highest BCUT2D eigenvalue weighted by Crippen LogP contribution is 2.22. The summed E-state index contributed by atoms with van der Waals surface area (Å²) in [6, 6.07) is 52.0. The third-order valence-electron chi connectivity index (χ3n) is 19.4. The number of nitro benzene ring substituents is 4. The molecule has 0 spiro atoms. The van der Waals surface area contributed by atoms with E-state index in [2.05, 4.69) is 20.6 Å². The zero-order valence-electron chi connectivity index (χ0n) is 67.3. The van der Waals surface area contributed by atoms with Gasteiger partial charge < -0.3 is 38.6 Å². The monoisotopic (exact) mass is 1670 g/mol. The van der Waals surface area contributed by atoms with Gasteiger partial charge in [-0.25, -0.2) is 24.2 Å². The average molecular weight is 1670 g/mol. The second-order valence-electron chi connectivity index (χ2n) is 28.0. The summed E-state index contributed by atoms with van der Waals surface area (Å²) in [6.45, 7) is 9.14. The summed E-state index contributed by atoms with van der Waals surface area (Å²) < 4.78 is 9.71. The number of aromatic nitrogens is 10. The van der Waals surface area contributed by atoms with Crippen LogP contribution in [0, 0.1) is 40.5 Å². The number of rotatable bonds is 32. The van der Waals surface area contributed by atoms with Gasteiger partial charge in [0, 0.05) is 107 Å². The van der Waals surface area contributed by atoms with Crippen LogP contribution in [0.15, 0.2) is 226 Å². The molecule has 38 nitrogen and oxygen atoms in total. The lowest BCUT2D eigenvalue weighted by atomic mass is 10.1. The largest absolute Gasteiger partial charge is 0.391 e. The molecule has 0 bridgehead atoms. The number of anilines is 6. The first-order valence-electron chi connectivity index (χ1n) is 39.0. The minimum absolute atomic E-state index is 0.00355. The van der Waals surface area contributed by atoms with Crippen LogP contribution in [-0.2, 0) is 107 Å². The summed E-state index contributed by atoms with van der Waals surface area (Å²) in [7, 11) is 0. The van der Waals surface area contributed by atoms with E-state index in [-0.39, 0.29) is 115 Å². The lowest BCUT2D eigenvalue weighted by Gasteiger charge is -2.18. The minimum atomic E-state index is -0.650. The number of aryl methyl sites for hydroxylation is 5. The highest BCUT2D eigenvalue weighted by molar-refractivity contribution is 5.95. The number of H-pyrrole nitrogens is 1. The maximum Gasteiger partial charge on any atom is 0.332 e. The molecule has 0 saturated heterocycles. The van der Waals surface area contributed by atoms with Crippen LogP contribution in [0.1, 0.15) is 98.1 Å². The number of imidazole rings is 1. The Kier molecular flexibility index (Phi) is 31.5. The topological polar surface area (TPSA) is 540 Å². The first-order chi connectivity index (χ1) is 58.5. The van der Waals surface area contributed by atoms with E-state index in [1.165, 1.54) is 71.4 Å². The number of nitro groups is 4. The van der Waals surface area contributed by atoms with Gasteiger partial charge in [0.15, 0.2) is 5.65 Å². The Morgan fingerprint density at radius 3 is 1.04 bits per heavy atom. The van der Waals surface area contributed by atoms with Crippen molar-refractivity contribution >= 4 is 80.2 Å². The minimum Gasteiger partial charge on any atom is -0.391 e. The molecule has 5 heterocycles. The zero-order chi connectivity index (χ0) is 88.4. The fraction of sp³-hybridized carbons (Fsp3) is 0.274. The van der Waals surface area contributed by atoms with Crippen molar-refractivity contribution in [3.8, 4) is 0 Å². The van der Waals surface area contributed by atoms with Crippen molar-refractivity contribution in [2.24, 2.45) is 0 Å². The summed E-state index contributed by atoms with van der Waals surface area (Å²) in [4.78, 5) is 176. The molecule has 0 aliphatic rings. The van der Waals surface area contributed by atoms with Gasteiger partial charge in [-0.05, 0) is 90.3 Å². The number of nitrogens with one attached hydrogen (secondary N) is 3. The van der Waals surface area contributed by atoms with Gasteiger partial charge in [-0.2, -0.15) is 0 Å². The number of benzene rings is 7. The van der Waals surface area contributed by atoms with Crippen LogP contribution in [0.4, 0.5) is 57.3 Å². The van der Waals surface area contributed by atoms with E-state index in [9.17, 15) is 88.4 Å². The van der Waals surface area contributed by atoms with E-state index < -0.39 is 70.9 Å². The first kappa shape index (κ1) is 90.4. The van der Waals surface area contributed by atoms with E-state index in [0.29, 0.717) is 87.9 Å². The summed E-state index contributed by atoms with van der Waals surface area (Å²) in [5.41, 5.74) is 25.3. The van der Waals surface area contributed by atoms with Crippen LogP contribution >= 0.6 is 0 Å². The molecule has 38 heteroatoms. The van der Waals surface area contributed by atoms with Crippen LogP contribution < -0.4 is 78.6 Å². The quantitative estimate of drug-likeness (QED) is 0.0153. The number of non-ortho nitro benzene ring substituents is 4. The van der Waals surface area contributed by atoms with Crippen LogP contribution in [0.25, 0.3) is 11.2 Å². The molecular formula is C84H92N20O18. The molecule has 636 valence electrons. The molecule has 5 aromatic heterocycles. The predicted molar refractivity (Wildman–Crippen MR) is 462 cm³/mol. The first-order valence-corrected chi connectivity index (χ1v) is 39.0. The van der Waals surface area contributed by atoms with Crippen LogP contribution in [-0.4, -0.2) is 78.0 Å². The molecule has 12 aromatic rings. The van der Waals surface area contributed by atoms with E-state index in [4.69, 9.17) is 22.9 Å². The van der Waals surface area contributed by atoms with Gasteiger partial charge in [-0.15, -0.1) is 0 Å². The number of fused-ring (bicyclic) bond motifs is 1. The molecule has 0 unspecified atom stereocenters. The van der Waals surface area contributed by atoms with Crippen molar-refractivity contribution in [1.82, 2.24) is 46.5 Å². The number of aromatic amines is 1. The standard InChI is InChI=1S/2C23H25N5O5.C23H23N5O4.C15H19N5O4/c1-2-13-27-22(30)20(25-19(29)15-17-6-4-3-5-7-17)21(24)26(23(27)31)14-12-16-8-10-18(11-9-16)28(32)33;1-2-13-27-22(30)20(24)21(25-19(29)15-17-6-4-3-5-7-17)26(23(27)31)14-12-16-8-10-18(11-9-16)28(32)33;1-2-13-27-22(29)20-21(25-19(24-20)15-17-6-4-3-5-7-17)26(23(27)30)14-12-16-8-10-18(11-9-16)28(31)32;1-2-8-19-14(21)12(16)13(17)18(15(19)22)9-7-10-3-5-11(6-4-10)20(23)24/h2*3-11H,2,12-15,24H2,1H3,(H,25,29);3-11H,2,12-15H2,1H3,(H,24,25);3-6H,2,7-9,16-17H2,1H3. The molecule has 7 aromatic carbocycles. The van der Waals surface area contributed by atoms with E-state index in [0.717, 1.165) is 52.6 Å². The Morgan fingerprint density at radius 2 is 0.664 bits per heavy atom. The van der Waals surface area contributed by atoms with Crippen molar-refractivity contribution in [2.75, 3.05) is 33.6 Å². The van der Waals surface area contributed by atoms with Gasteiger partial charge in [0.25, 0.3) is 45.0 Å². The Bertz CT molecular complexity index is 6280. The van der Waals surface area contributed by atoms with Crippen molar-refractivity contribution in [1.29, 1.82) is 0 Å². The normalized spacial score (nSPS) is 10.8. The lowest BCUT2D eigenvalue weighted by molar-refractivity contribution is -0.385. The molecule has 122 heavy (non-hydrogen) atoms. The molecule has 11 N–H and O–H groups in total. The predicted octanol–water partition coefficient (Wildman–Crippen LogP) is 8.44. The number of amides is 2. The Labute approximate surface area is 693 Å². The maximum absolute atomic E-state index is 13.1. The van der Waals surface area contributed by atoms with Gasteiger partial charge in [-0.3, -0.25) is 106 Å². The third-order valence-corrected chi connectivity index (χ3v) is 19.4. The summed E-state index contributed by atoms with van der Waals surface area (Å²) >= 11 is 0. The SMILES string of the molecule is CCCn1c(=O)c(N)c(N)n(CCc2ccc([N+](=O)[O-])cc2)c1=O.CCCn1c(=O)c(N)c(NC(=O)Cc2ccccc2)n(CCc2ccc([N+](=O)[O-])cc2)c1=O.CCCn1c(=O)c(NC(=O)Cc2ccccc2)c(N)n(CCc2ccc([N+](=O)[O-])cc2)c1=O.CCCn1c(=O)c2[nH]c(Cc3ccccc3)nc2n(CCc2ccc([N+](=O)[O-])cc2)c1=O. The zero-order valence-corrected chi connectivity index (χ0v) is 67.3. The van der Waals surface area contributed by atoms with E-state index in [1.807, 2.05) is 94.4 Å². The molecule has 0 radical (unpaired) electrons. The van der Waals surface area contributed by atoms with E-state index >= 15 is 0 Å². The van der Waals surface area contributed by atoms with Gasteiger partial charge in [0.1, 0.15) is 45.9 Å². The van der Waals surface area contributed by atoms with Gasteiger partial charge in [0.05, 0.1) is 32.5 Å². The molecular weight excluding hydrogens is 1580 g/mol. The van der Waals surface area contributed by atoms with Crippen LogP contribution in [0.5, 0.6) is 0 Å². The Balaban J connectivity index is 0.000000186. The summed E-state index contributed by atoms with van der Waals surface area (Å²) in [5.74, 6) is -0.446. The summed E-state index contributed by atoms with van der Waals surface area (Å²) in [5, 5.41) is 48.4. The highest BCUT2D eigenvalue weighted by Gasteiger charge is 2.24. The maximum atomic E-state index is 13.1. The number of nitrogens with zero attached hydrogens (tertiary/aromatic N) is 13. The van der Waals surface area contributed by atoms with Crippen LogP contribution in [0.3, 0.4) is 0 Å². The Morgan fingerprint density at radius 1 is 0.352 bits per heavy atom. The van der Waals surface area contributed by atoms with Crippen molar-refractivity contribution < 1.29 is 29.3 Å². The number of hydrogen-bond acceptors (Lipinski definition) is 23. The van der Waals surface area contributed by atoms with E-state index in [1.54, 1.807) is 72.8 Å². The number of carbonyl (C=O) groups is 2. The molecule has 12 rings (SSSR count). The van der Waals surface area contributed by atoms with Crippen LogP contribution in [0.2, 0.25) is 0 Å². The fourth-order valence-electron chi connectivity index (χ4n) is 13.1. The van der Waals surface area contributed by atoms with Gasteiger partial charge in [0.2, 0.25) is 11.8 Å². The molecule has 0 atom stereocenters. The highest BCUT2D eigenvalue weighted by atomic mass is 16.6. The van der Waals surface area contributed by atoms with Gasteiger partial charge in [-0.1, -0.05) is 167 Å². The molecule has 0 saturated carbocycles. The lowest BCUT2D eigenvalue weighted by Crippen LogP contribution is -2.43. The number of carbonyl (C=O) groups excluding carboxylic acids is 2. The molecule has 0 aliphatic heterocycles. The van der Waals surface area contributed by atoms with Crippen molar-refractivity contribution in [3.05, 3.63) is 357 Å². The average Bonchev–Trinajstić information content (AvgIpc) is 1.71. The summed E-state index contributed by atoms with van der Waals surface area (Å²) in [6.07, 6.45) is 4.55. The molecule has 0 aliphatic carbocycles. The van der Waals surface area contributed by atoms with Gasteiger partial charge >= 0.3 is 22.8 Å². The van der Waals surface area contributed by atoms with Crippen molar-refractivity contribution in [2.45, 2.75) is 151 Å². The number of hydrogen-bond donors (Lipinski definition) is 7. The molecule has 2 amide bonds. The second kappa shape index (κ2) is 42.6. The third kappa shape index (κ3) is 23.0. The second-order valence-corrected chi connectivity index (χ2v) is 28.0. The smallest absolute Gasteiger partial charge is 0.332 e.